The summed E-state index contributed by atoms with van der Waals surface area (Å²) >= 11 is 0. The van der Waals surface area contributed by atoms with Crippen LogP contribution in [0.5, 0.6) is 0 Å². The molecule has 0 aliphatic carbocycles. The Labute approximate surface area is 144 Å². The minimum atomic E-state index is -1.33. The van der Waals surface area contributed by atoms with Gasteiger partial charge in [-0.05, 0) is 62.3 Å². The second kappa shape index (κ2) is 6.50. The van der Waals surface area contributed by atoms with Crippen LogP contribution < -0.4 is 5.46 Å². The molecule has 0 fully saturated rings. The van der Waals surface area contributed by atoms with Gasteiger partial charge in [0.05, 0.1) is 16.9 Å². The molecule has 0 amide bonds. The number of hydrogen-bond donors (Lipinski definition) is 2. The lowest BCUT2D eigenvalue weighted by atomic mass is 9.75. The third-order valence-electron chi connectivity index (χ3n) is 4.04. The maximum absolute atomic E-state index is 12.2. The predicted octanol–water partition coefficient (Wildman–Crippen LogP) is 1.54. The first-order chi connectivity index (χ1) is 10.6. The minimum Gasteiger partial charge on any atom is -0.442 e. The molecule has 0 spiro atoms. The van der Waals surface area contributed by atoms with E-state index in [4.69, 9.17) is 9.39 Å². The smallest absolute Gasteiger partial charge is 0.442 e. The Balaban J connectivity index is 3.12. The zero-order chi connectivity index (χ0) is 19.1. The maximum atomic E-state index is 12.2. The van der Waals surface area contributed by atoms with Gasteiger partial charge in [0.2, 0.25) is 0 Å². The summed E-state index contributed by atoms with van der Waals surface area (Å²) in [6.07, 6.45) is -0.622. The van der Waals surface area contributed by atoms with Gasteiger partial charge in [-0.15, -0.1) is 0 Å². The number of nitrogens with zero attached hydrogens (tertiary/aromatic N) is 2. The van der Waals surface area contributed by atoms with Crippen LogP contribution in [0, 0.1) is 13.8 Å². The predicted molar refractivity (Wildman–Crippen MR) is 92.4 cm³/mol. The van der Waals surface area contributed by atoms with Crippen molar-refractivity contribution in [3.8, 4) is 0 Å². The Morgan fingerprint density at radius 2 is 1.62 bits per heavy atom. The zero-order valence-corrected chi connectivity index (χ0v) is 16.1. The summed E-state index contributed by atoms with van der Waals surface area (Å²) in [5.41, 5.74) is -1.56. The van der Waals surface area contributed by atoms with Gasteiger partial charge in [-0.3, -0.25) is 0 Å². The highest BCUT2D eigenvalue weighted by Gasteiger charge is 2.41. The molecule has 1 aromatic rings. The second-order valence-corrected chi connectivity index (χ2v) is 8.02. The van der Waals surface area contributed by atoms with Gasteiger partial charge in [-0.25, -0.2) is 4.79 Å². The number of aliphatic hydroxyl groups is 1. The van der Waals surface area contributed by atoms with E-state index < -0.39 is 30.0 Å². The van der Waals surface area contributed by atoms with Crippen LogP contribution in [0.3, 0.4) is 0 Å². The van der Waals surface area contributed by atoms with Crippen molar-refractivity contribution < 1.29 is 24.3 Å². The van der Waals surface area contributed by atoms with Crippen molar-refractivity contribution in [2.24, 2.45) is 0 Å². The van der Waals surface area contributed by atoms with E-state index in [1.54, 1.807) is 62.3 Å². The van der Waals surface area contributed by atoms with E-state index >= 15 is 0 Å². The molecule has 0 unspecified atom stereocenters. The molecule has 1 heterocycles. The highest BCUT2D eigenvalue weighted by atomic mass is 16.6. The van der Waals surface area contributed by atoms with Crippen molar-refractivity contribution in [3.05, 3.63) is 11.4 Å². The van der Waals surface area contributed by atoms with Crippen molar-refractivity contribution in [2.45, 2.75) is 79.1 Å². The minimum absolute atomic E-state index is 0.387. The lowest BCUT2D eigenvalue weighted by molar-refractivity contribution is -0.0982. The standard InChI is InChI=1S/C16H29BN2O5/c1-10-12(17(22)24-16(8,9)15(6,7)21)11(2)19(18-10)13(20)23-14(3,4)5/h21-22H,1-9H3. The number of ether oxygens (including phenoxy) is 1. The summed E-state index contributed by atoms with van der Waals surface area (Å²) in [4.78, 5) is 12.2. The quantitative estimate of drug-likeness (QED) is 0.808. The average Bonchev–Trinajstić information content (AvgIpc) is 2.60. The molecular formula is C16H29BN2O5. The fourth-order valence-electron chi connectivity index (χ4n) is 1.98. The van der Waals surface area contributed by atoms with E-state index in [0.29, 0.717) is 16.9 Å². The first-order valence-corrected chi connectivity index (χ1v) is 7.94. The molecule has 136 valence electrons. The fourth-order valence-corrected chi connectivity index (χ4v) is 1.98. The molecule has 0 atom stereocenters. The van der Waals surface area contributed by atoms with Crippen LogP contribution >= 0.6 is 0 Å². The number of hydrogen-bond acceptors (Lipinski definition) is 6. The second-order valence-electron chi connectivity index (χ2n) is 8.02. The number of carbonyl (C=O) groups is 1. The highest BCUT2D eigenvalue weighted by molar-refractivity contribution is 6.61. The van der Waals surface area contributed by atoms with E-state index in [-0.39, 0.29) is 0 Å². The number of carbonyl (C=O) groups excluding carboxylic acids is 1. The van der Waals surface area contributed by atoms with Gasteiger partial charge in [0.25, 0.3) is 0 Å². The van der Waals surface area contributed by atoms with E-state index in [9.17, 15) is 14.9 Å². The van der Waals surface area contributed by atoms with Crippen molar-refractivity contribution >= 4 is 18.7 Å². The van der Waals surface area contributed by atoms with Crippen LogP contribution in [-0.2, 0) is 9.39 Å². The van der Waals surface area contributed by atoms with Gasteiger partial charge in [0, 0.05) is 11.2 Å². The van der Waals surface area contributed by atoms with Crippen LogP contribution in [0.25, 0.3) is 0 Å². The lowest BCUT2D eigenvalue weighted by Gasteiger charge is -2.38. The van der Waals surface area contributed by atoms with Crippen molar-refractivity contribution in [1.29, 1.82) is 0 Å². The summed E-state index contributed by atoms with van der Waals surface area (Å²) in [5, 5.41) is 24.8. The van der Waals surface area contributed by atoms with Gasteiger partial charge in [-0.2, -0.15) is 9.78 Å². The molecule has 0 aliphatic heterocycles. The normalized spacial score (nSPS) is 13.1. The summed E-state index contributed by atoms with van der Waals surface area (Å²) in [6, 6.07) is 0. The number of aromatic nitrogens is 2. The molecule has 24 heavy (non-hydrogen) atoms. The Hall–Kier alpha value is -1.38. The molecule has 8 heteroatoms. The first kappa shape index (κ1) is 20.7. The Bertz CT molecular complexity index is 611. The van der Waals surface area contributed by atoms with E-state index in [1.165, 1.54) is 0 Å². The van der Waals surface area contributed by atoms with Crippen LogP contribution in [0.15, 0.2) is 0 Å². The Kier molecular flexibility index (Phi) is 5.60. The van der Waals surface area contributed by atoms with Crippen LogP contribution in [0.2, 0.25) is 0 Å². The first-order valence-electron chi connectivity index (χ1n) is 7.94. The van der Waals surface area contributed by atoms with Gasteiger partial charge >= 0.3 is 13.2 Å². The summed E-state index contributed by atoms with van der Waals surface area (Å²) < 4.78 is 12.1. The monoisotopic (exact) mass is 340 g/mol. The van der Waals surface area contributed by atoms with E-state index in [0.717, 1.165) is 4.68 Å². The molecule has 0 saturated heterocycles. The fraction of sp³-hybridized carbons (Fsp3) is 0.750. The average molecular weight is 340 g/mol. The molecule has 2 N–H and O–H groups in total. The molecule has 0 aliphatic rings. The Morgan fingerprint density at radius 3 is 2.04 bits per heavy atom. The van der Waals surface area contributed by atoms with Gasteiger partial charge in [0.15, 0.2) is 0 Å². The molecule has 0 saturated carbocycles. The van der Waals surface area contributed by atoms with Crippen LogP contribution in [0.1, 0.15) is 59.9 Å². The summed E-state index contributed by atoms with van der Waals surface area (Å²) in [7, 11) is -1.33. The van der Waals surface area contributed by atoms with Gasteiger partial charge < -0.3 is 19.5 Å². The lowest BCUT2D eigenvalue weighted by Crippen LogP contribution is -2.53. The molecule has 0 bridgehead atoms. The third kappa shape index (κ3) is 4.58. The van der Waals surface area contributed by atoms with Crippen molar-refractivity contribution in [3.63, 3.8) is 0 Å². The molecule has 1 rings (SSSR count). The third-order valence-corrected chi connectivity index (χ3v) is 4.04. The van der Waals surface area contributed by atoms with Crippen molar-refractivity contribution in [2.75, 3.05) is 0 Å². The maximum Gasteiger partial charge on any atom is 0.495 e. The van der Waals surface area contributed by atoms with E-state index in [1.807, 2.05) is 0 Å². The largest absolute Gasteiger partial charge is 0.495 e. The number of rotatable bonds is 4. The van der Waals surface area contributed by atoms with Crippen LogP contribution in [-0.4, -0.2) is 49.9 Å². The van der Waals surface area contributed by atoms with Crippen molar-refractivity contribution in [1.82, 2.24) is 9.78 Å². The molecular weight excluding hydrogens is 311 g/mol. The summed E-state index contributed by atoms with van der Waals surface area (Å²) in [6.45, 7) is 15.2. The molecule has 1 aromatic heterocycles. The topological polar surface area (TPSA) is 93.8 Å². The van der Waals surface area contributed by atoms with E-state index in [2.05, 4.69) is 5.10 Å². The Morgan fingerprint density at radius 1 is 1.12 bits per heavy atom. The molecule has 0 radical (unpaired) electrons. The van der Waals surface area contributed by atoms with Gasteiger partial charge in [0.1, 0.15) is 5.60 Å². The summed E-state index contributed by atoms with van der Waals surface area (Å²) in [5.74, 6) is 0. The van der Waals surface area contributed by atoms with Gasteiger partial charge in [-0.1, -0.05) is 0 Å². The van der Waals surface area contributed by atoms with Crippen LogP contribution in [0.4, 0.5) is 4.79 Å². The zero-order valence-electron chi connectivity index (χ0n) is 16.1. The SMILES string of the molecule is Cc1nn(C(=O)OC(C)(C)C)c(C)c1B(O)OC(C)(C)C(C)(C)O. The number of aryl methyl sites for hydroxylation is 1. The molecule has 7 nitrogen and oxygen atoms in total. The highest BCUT2D eigenvalue weighted by Crippen LogP contribution is 2.25. The molecule has 0 aromatic carbocycles.